The lowest BCUT2D eigenvalue weighted by atomic mass is 9.73. The number of nitrogens with zero attached hydrogens (tertiary/aromatic N) is 2. The average Bonchev–Trinajstić information content (AvgIpc) is 3.32. The lowest BCUT2D eigenvalue weighted by Crippen LogP contribution is -2.58. The van der Waals surface area contributed by atoms with Gasteiger partial charge in [-0.1, -0.05) is 36.4 Å². The summed E-state index contributed by atoms with van der Waals surface area (Å²) in [5.74, 6) is 0.623. The fraction of sp³-hybridized carbons (Fsp3) is 0.536. The third kappa shape index (κ3) is 4.05. The second kappa shape index (κ2) is 9.27. The maximum absolute atomic E-state index is 12.4. The van der Waals surface area contributed by atoms with Gasteiger partial charge in [-0.2, -0.15) is 0 Å². The van der Waals surface area contributed by atoms with E-state index in [1.165, 1.54) is 48.2 Å². The predicted octanol–water partition coefficient (Wildman–Crippen LogP) is 5.21. The Balaban J connectivity index is 1.23. The molecule has 3 aliphatic rings. The first-order valence-corrected chi connectivity index (χ1v) is 12.7. The molecule has 2 N–H and O–H groups in total. The largest absolute Gasteiger partial charge is 0.368 e. The molecule has 1 saturated heterocycles. The van der Waals surface area contributed by atoms with Crippen molar-refractivity contribution in [3.8, 4) is 0 Å². The summed E-state index contributed by atoms with van der Waals surface area (Å²) in [4.78, 5) is 17.4. The molecule has 170 valence electrons. The van der Waals surface area contributed by atoms with E-state index in [2.05, 4.69) is 58.3 Å². The van der Waals surface area contributed by atoms with Crippen LogP contribution >= 0.6 is 0 Å². The zero-order chi connectivity index (χ0) is 22.0. The summed E-state index contributed by atoms with van der Waals surface area (Å²) >= 11 is 0. The van der Waals surface area contributed by atoms with Gasteiger partial charge in [0.15, 0.2) is 0 Å². The summed E-state index contributed by atoms with van der Waals surface area (Å²) in [6.45, 7) is 3.14. The van der Waals surface area contributed by atoms with Gasteiger partial charge in [0.05, 0.1) is 0 Å². The molecule has 0 aromatic heterocycles. The molecule has 1 aliphatic carbocycles. The number of carbonyl (C=O) groups excluding carboxylic acids is 1. The van der Waals surface area contributed by atoms with Gasteiger partial charge in [0, 0.05) is 17.9 Å². The van der Waals surface area contributed by atoms with Crippen LogP contribution in [0.5, 0.6) is 0 Å². The van der Waals surface area contributed by atoms with Gasteiger partial charge in [0.25, 0.3) is 0 Å². The van der Waals surface area contributed by atoms with E-state index in [0.29, 0.717) is 5.92 Å². The Morgan fingerprint density at radius 1 is 0.906 bits per heavy atom. The van der Waals surface area contributed by atoms with Gasteiger partial charge in [-0.15, -0.1) is 0 Å². The first-order valence-electron chi connectivity index (χ1n) is 12.7. The van der Waals surface area contributed by atoms with Crippen molar-refractivity contribution < 1.29 is 4.79 Å². The summed E-state index contributed by atoms with van der Waals surface area (Å²) in [5, 5.41) is 0. The topological polar surface area (TPSA) is 49.6 Å². The summed E-state index contributed by atoms with van der Waals surface area (Å²) in [7, 11) is 0. The van der Waals surface area contributed by atoms with E-state index in [1.807, 2.05) is 0 Å². The van der Waals surface area contributed by atoms with Crippen LogP contribution < -0.4 is 10.6 Å². The molecular formula is C28H37N3O. The molecule has 0 spiro atoms. The average molecular weight is 432 g/mol. The molecule has 4 heteroatoms. The number of nitrogens with two attached hydrogens (primary N) is 1. The van der Waals surface area contributed by atoms with E-state index in [4.69, 9.17) is 5.73 Å². The predicted molar refractivity (Wildman–Crippen MR) is 131 cm³/mol. The van der Waals surface area contributed by atoms with Gasteiger partial charge in [-0.25, -0.2) is 0 Å². The van der Waals surface area contributed by atoms with Gasteiger partial charge >= 0.3 is 0 Å². The molecule has 0 unspecified atom stereocenters. The lowest BCUT2D eigenvalue weighted by molar-refractivity contribution is -0.132. The van der Waals surface area contributed by atoms with Crippen molar-refractivity contribution in [2.24, 2.45) is 11.7 Å². The molecule has 5 rings (SSSR count). The van der Waals surface area contributed by atoms with Crippen LogP contribution in [0.15, 0.2) is 48.5 Å². The first kappa shape index (κ1) is 21.5. The van der Waals surface area contributed by atoms with E-state index >= 15 is 0 Å². The van der Waals surface area contributed by atoms with Crippen LogP contribution in [0.4, 0.5) is 11.4 Å². The Labute approximate surface area is 192 Å². The Bertz CT molecular complexity index is 894. The van der Waals surface area contributed by atoms with Crippen molar-refractivity contribution in [3.63, 3.8) is 0 Å². The quantitative estimate of drug-likeness (QED) is 0.683. The molecule has 2 fully saturated rings. The minimum absolute atomic E-state index is 0.0874. The molecule has 0 atom stereocenters. The number of primary amides is 1. The molecule has 2 aromatic carbocycles. The monoisotopic (exact) mass is 431 g/mol. The number of hydrogen-bond donors (Lipinski definition) is 1. The van der Waals surface area contributed by atoms with Crippen LogP contribution in [0.1, 0.15) is 62.5 Å². The van der Waals surface area contributed by atoms with Gasteiger partial charge in [-0.05, 0) is 106 Å². The maximum Gasteiger partial charge on any atom is 0.237 e. The third-order valence-corrected chi connectivity index (χ3v) is 8.32. The van der Waals surface area contributed by atoms with Crippen molar-refractivity contribution in [2.45, 2.75) is 69.7 Å². The van der Waals surface area contributed by atoms with Crippen LogP contribution in [0.2, 0.25) is 0 Å². The van der Waals surface area contributed by atoms with Gasteiger partial charge < -0.3 is 10.6 Å². The number of likely N-dealkylation sites (tertiary alicyclic amines) is 1. The van der Waals surface area contributed by atoms with Crippen molar-refractivity contribution >= 4 is 17.3 Å². The fourth-order valence-electron chi connectivity index (χ4n) is 6.46. The summed E-state index contributed by atoms with van der Waals surface area (Å²) in [5.41, 5.74) is 11.2. The van der Waals surface area contributed by atoms with Crippen LogP contribution in [-0.4, -0.2) is 36.0 Å². The van der Waals surface area contributed by atoms with Crippen LogP contribution in [0.3, 0.4) is 0 Å². The Hall–Kier alpha value is -2.33. The zero-order valence-electron chi connectivity index (χ0n) is 19.3. The summed E-state index contributed by atoms with van der Waals surface area (Å²) in [6.07, 6.45) is 11.2. The molecule has 2 aromatic rings. The number of para-hydroxylation sites is 2. The molecule has 0 bridgehead atoms. The molecule has 2 aliphatic heterocycles. The molecule has 1 amide bonds. The minimum atomic E-state index is -0.365. The van der Waals surface area contributed by atoms with Crippen LogP contribution in [0.25, 0.3) is 0 Å². The fourth-order valence-corrected chi connectivity index (χ4v) is 6.46. The number of hydrogen-bond acceptors (Lipinski definition) is 3. The van der Waals surface area contributed by atoms with Gasteiger partial charge in [0.1, 0.15) is 5.54 Å². The highest BCUT2D eigenvalue weighted by Gasteiger charge is 2.45. The highest BCUT2D eigenvalue weighted by atomic mass is 16.1. The first-order chi connectivity index (χ1) is 15.7. The molecule has 1 saturated carbocycles. The van der Waals surface area contributed by atoms with E-state index in [9.17, 15) is 4.79 Å². The summed E-state index contributed by atoms with van der Waals surface area (Å²) in [6, 6.07) is 17.8. The highest BCUT2D eigenvalue weighted by molar-refractivity contribution is 5.84. The zero-order valence-corrected chi connectivity index (χ0v) is 19.3. The van der Waals surface area contributed by atoms with Crippen molar-refractivity contribution in [1.82, 2.24) is 4.90 Å². The second-order valence-corrected chi connectivity index (χ2v) is 10.1. The number of anilines is 2. The lowest BCUT2D eigenvalue weighted by Gasteiger charge is -2.44. The van der Waals surface area contributed by atoms with Crippen molar-refractivity contribution in [1.29, 1.82) is 0 Å². The van der Waals surface area contributed by atoms with Crippen LogP contribution in [0, 0.1) is 5.92 Å². The van der Waals surface area contributed by atoms with E-state index in [-0.39, 0.29) is 11.4 Å². The molecule has 4 nitrogen and oxygen atoms in total. The molecule has 2 heterocycles. The second-order valence-electron chi connectivity index (χ2n) is 10.1. The molecule has 32 heavy (non-hydrogen) atoms. The van der Waals surface area contributed by atoms with Crippen molar-refractivity contribution in [2.75, 3.05) is 24.5 Å². The van der Waals surface area contributed by atoms with Gasteiger partial charge in [0.2, 0.25) is 5.91 Å². The third-order valence-electron chi connectivity index (χ3n) is 8.32. The Morgan fingerprint density at radius 2 is 1.47 bits per heavy atom. The van der Waals surface area contributed by atoms with Crippen LogP contribution in [-0.2, 0) is 17.6 Å². The SMILES string of the molecule is NC(=O)C1(N2CCCC2)CCC(CCCN2c3ccccc3CCc3ccccc32)CC1. The molecule has 0 radical (unpaired) electrons. The number of amides is 1. The smallest absolute Gasteiger partial charge is 0.237 e. The van der Waals surface area contributed by atoms with E-state index in [0.717, 1.165) is 58.2 Å². The number of aryl methyl sites for hydroxylation is 2. The maximum atomic E-state index is 12.4. The standard InChI is InChI=1S/C28H37N3O/c29-27(32)28(30-19-5-6-20-30)17-15-22(16-18-28)8-7-21-31-25-11-3-1-9-23(25)13-14-24-10-2-4-12-26(24)31/h1-4,9-12,22H,5-8,13-21H2,(H2,29,32). The Kier molecular flexibility index (Phi) is 6.23. The normalized spacial score (nSPS) is 25.8. The number of carbonyl (C=O) groups is 1. The minimum Gasteiger partial charge on any atom is -0.368 e. The highest BCUT2D eigenvalue weighted by Crippen LogP contribution is 2.41. The van der Waals surface area contributed by atoms with Crippen molar-refractivity contribution in [3.05, 3.63) is 59.7 Å². The van der Waals surface area contributed by atoms with Gasteiger partial charge in [-0.3, -0.25) is 9.69 Å². The number of rotatable bonds is 6. The molecular weight excluding hydrogens is 394 g/mol. The summed E-state index contributed by atoms with van der Waals surface area (Å²) < 4.78 is 0. The van der Waals surface area contributed by atoms with E-state index in [1.54, 1.807) is 0 Å². The Morgan fingerprint density at radius 3 is 2.03 bits per heavy atom. The number of benzene rings is 2. The van der Waals surface area contributed by atoms with E-state index < -0.39 is 0 Å². The number of fused-ring (bicyclic) bond motifs is 2.